The average Bonchev–Trinajstić information content (AvgIpc) is 3.26. The van der Waals surface area contributed by atoms with Crippen LogP contribution in [0.15, 0.2) is 35.4 Å². The van der Waals surface area contributed by atoms with Gasteiger partial charge in [0, 0.05) is 18.5 Å². The van der Waals surface area contributed by atoms with Gasteiger partial charge in [-0.2, -0.15) is 5.10 Å². The van der Waals surface area contributed by atoms with Crippen LogP contribution in [0.1, 0.15) is 50.6 Å². The molecule has 1 atom stereocenters. The lowest BCUT2D eigenvalue weighted by Gasteiger charge is -2.24. The Morgan fingerprint density at radius 3 is 2.49 bits per heavy atom. The predicted octanol–water partition coefficient (Wildman–Crippen LogP) is 1.17. The lowest BCUT2D eigenvalue weighted by molar-refractivity contribution is -0.126. The number of nitrogens with zero attached hydrogens (tertiary/aromatic N) is 1. The van der Waals surface area contributed by atoms with E-state index >= 15 is 0 Å². The lowest BCUT2D eigenvalue weighted by Crippen LogP contribution is -2.50. The van der Waals surface area contributed by atoms with Crippen molar-refractivity contribution in [3.05, 3.63) is 47.2 Å². The van der Waals surface area contributed by atoms with E-state index in [2.05, 4.69) is 20.8 Å². The molecular formula is C24H37N5O7S. The number of hydrogen-bond acceptors (Lipinski definition) is 9. The molecule has 206 valence electrons. The molecule has 0 aliphatic rings. The molecule has 1 aromatic carbocycles. The largest absolute Gasteiger partial charge is 0.449 e. The number of aliphatic hydroxyl groups excluding tert-OH is 1. The molecule has 1 heterocycles. The van der Waals surface area contributed by atoms with Gasteiger partial charge in [0.15, 0.2) is 11.0 Å². The Balaban J connectivity index is 2.31. The van der Waals surface area contributed by atoms with Crippen LogP contribution >= 0.6 is 0 Å². The summed E-state index contributed by atoms with van der Waals surface area (Å²) in [5, 5.41) is 21.0. The fourth-order valence-corrected chi connectivity index (χ4v) is 4.10. The van der Waals surface area contributed by atoms with E-state index in [9.17, 15) is 23.1 Å². The Morgan fingerprint density at radius 2 is 1.89 bits per heavy atom. The zero-order valence-electron chi connectivity index (χ0n) is 21.6. The number of rotatable bonds is 14. The maximum atomic E-state index is 12.7. The van der Waals surface area contributed by atoms with Crippen molar-refractivity contribution in [2.45, 2.75) is 57.3 Å². The van der Waals surface area contributed by atoms with Gasteiger partial charge in [-0.05, 0) is 25.3 Å². The normalized spacial score (nSPS) is 12.8. The standard InChI is InChI=1S/C24H37N5O7S/c1-16(2)12-26-23(32)36-11-10-18-20(28-29-21(18)37(33,34)15-30)19(27-22(31)24(3,4)25)14-35-13-17-8-6-5-7-9-17/h5-9,16,19,30H,10-15,25H2,1-4H3,(H,26,32)(H,27,31)(H,28,29)/t19-/m0/s1. The number of aliphatic hydroxyl groups is 1. The van der Waals surface area contributed by atoms with Gasteiger partial charge in [0.25, 0.3) is 0 Å². The molecule has 13 heteroatoms. The molecule has 6 N–H and O–H groups in total. The second kappa shape index (κ2) is 13.5. The molecule has 0 aliphatic carbocycles. The number of alkyl carbamates (subject to hydrolysis) is 1. The molecule has 0 unspecified atom stereocenters. The van der Waals surface area contributed by atoms with Gasteiger partial charge in [-0.15, -0.1) is 0 Å². The number of ether oxygens (including phenoxy) is 2. The topological polar surface area (TPSA) is 186 Å². The van der Waals surface area contributed by atoms with Crippen LogP contribution in [0.4, 0.5) is 4.79 Å². The van der Waals surface area contributed by atoms with Gasteiger partial charge in [0.05, 0.1) is 37.1 Å². The maximum Gasteiger partial charge on any atom is 0.407 e. The van der Waals surface area contributed by atoms with Crippen molar-refractivity contribution >= 4 is 21.8 Å². The number of nitrogens with two attached hydrogens (primary N) is 1. The molecule has 12 nitrogen and oxygen atoms in total. The number of nitrogens with one attached hydrogen (secondary N) is 3. The number of sulfone groups is 1. The van der Waals surface area contributed by atoms with Crippen LogP contribution in [0.3, 0.4) is 0 Å². The minimum absolute atomic E-state index is 0.0414. The summed E-state index contributed by atoms with van der Waals surface area (Å²) in [4.78, 5) is 24.7. The van der Waals surface area contributed by atoms with E-state index < -0.39 is 44.4 Å². The summed E-state index contributed by atoms with van der Waals surface area (Å²) in [6.07, 6.45) is -0.696. The number of aromatic amines is 1. The van der Waals surface area contributed by atoms with Crippen molar-refractivity contribution in [2.24, 2.45) is 11.7 Å². The molecule has 2 rings (SSSR count). The molecule has 0 bridgehead atoms. The van der Waals surface area contributed by atoms with Crippen LogP contribution in [0.5, 0.6) is 0 Å². The molecule has 0 aliphatic heterocycles. The van der Waals surface area contributed by atoms with Crippen LogP contribution in [0.25, 0.3) is 0 Å². The van der Waals surface area contributed by atoms with E-state index in [-0.39, 0.29) is 43.4 Å². The number of hydrogen-bond donors (Lipinski definition) is 5. The van der Waals surface area contributed by atoms with Crippen LogP contribution in [-0.4, -0.2) is 67.0 Å². The number of aromatic nitrogens is 2. The van der Waals surface area contributed by atoms with Crippen molar-refractivity contribution < 1.29 is 32.6 Å². The smallest absolute Gasteiger partial charge is 0.407 e. The number of benzene rings is 1. The fourth-order valence-electron chi connectivity index (χ4n) is 3.20. The first kappa shape index (κ1) is 30.2. The Kier molecular flexibility index (Phi) is 11.0. The van der Waals surface area contributed by atoms with Crippen molar-refractivity contribution in [1.29, 1.82) is 0 Å². The SMILES string of the molecule is CC(C)CNC(=O)OCCc1c(S(=O)(=O)CO)n[nH]c1[C@H](COCc1ccccc1)NC(=O)C(C)(C)N. The maximum absolute atomic E-state index is 12.7. The minimum atomic E-state index is -4.16. The summed E-state index contributed by atoms with van der Waals surface area (Å²) in [5.41, 5.74) is 6.03. The Labute approximate surface area is 217 Å². The van der Waals surface area contributed by atoms with E-state index in [0.717, 1.165) is 5.56 Å². The van der Waals surface area contributed by atoms with Crippen molar-refractivity contribution in [2.75, 3.05) is 25.7 Å². The summed E-state index contributed by atoms with van der Waals surface area (Å²) >= 11 is 0. The van der Waals surface area contributed by atoms with Gasteiger partial charge in [-0.3, -0.25) is 9.89 Å². The summed E-state index contributed by atoms with van der Waals surface area (Å²) < 4.78 is 36.1. The summed E-state index contributed by atoms with van der Waals surface area (Å²) in [7, 11) is -4.16. The summed E-state index contributed by atoms with van der Waals surface area (Å²) in [5.74, 6) is -1.45. The zero-order valence-corrected chi connectivity index (χ0v) is 22.4. The van der Waals surface area contributed by atoms with Gasteiger partial charge < -0.3 is 30.9 Å². The van der Waals surface area contributed by atoms with Gasteiger partial charge >= 0.3 is 6.09 Å². The quantitative estimate of drug-likeness (QED) is 0.235. The average molecular weight is 540 g/mol. The van der Waals surface area contributed by atoms with Gasteiger partial charge in [0.1, 0.15) is 0 Å². The van der Waals surface area contributed by atoms with E-state index in [1.807, 2.05) is 44.2 Å². The second-order valence-corrected chi connectivity index (χ2v) is 11.4. The molecular weight excluding hydrogens is 502 g/mol. The third kappa shape index (κ3) is 9.43. The van der Waals surface area contributed by atoms with Crippen molar-refractivity contribution in [3.63, 3.8) is 0 Å². The highest BCUT2D eigenvalue weighted by Crippen LogP contribution is 2.25. The molecule has 2 amide bonds. The highest BCUT2D eigenvalue weighted by molar-refractivity contribution is 7.91. The molecule has 0 spiro atoms. The van der Waals surface area contributed by atoms with E-state index in [1.54, 1.807) is 0 Å². The van der Waals surface area contributed by atoms with E-state index in [0.29, 0.717) is 6.54 Å². The lowest BCUT2D eigenvalue weighted by atomic mass is 10.0. The van der Waals surface area contributed by atoms with Crippen molar-refractivity contribution in [1.82, 2.24) is 20.8 Å². The second-order valence-electron chi connectivity index (χ2n) is 9.57. The number of carbonyl (C=O) groups excluding carboxylic acids is 2. The highest BCUT2D eigenvalue weighted by Gasteiger charge is 2.31. The fraction of sp³-hybridized carbons (Fsp3) is 0.542. The number of carbonyl (C=O) groups is 2. The van der Waals surface area contributed by atoms with E-state index in [1.165, 1.54) is 13.8 Å². The molecule has 0 fully saturated rings. The number of H-pyrrole nitrogens is 1. The number of amides is 2. The van der Waals surface area contributed by atoms with Crippen LogP contribution in [0.2, 0.25) is 0 Å². The molecule has 0 saturated carbocycles. The Bertz CT molecular complexity index is 1130. The van der Waals surface area contributed by atoms with Gasteiger partial charge in [-0.25, -0.2) is 13.2 Å². The summed E-state index contributed by atoms with van der Waals surface area (Å²) in [6, 6.07) is 8.51. The monoisotopic (exact) mass is 539 g/mol. The third-order valence-electron chi connectivity index (χ3n) is 5.20. The first-order valence-corrected chi connectivity index (χ1v) is 13.5. The first-order chi connectivity index (χ1) is 17.3. The Morgan fingerprint density at radius 1 is 1.22 bits per heavy atom. The minimum Gasteiger partial charge on any atom is -0.449 e. The Hall–Kier alpha value is -3.00. The molecule has 37 heavy (non-hydrogen) atoms. The van der Waals surface area contributed by atoms with Crippen molar-refractivity contribution in [3.8, 4) is 0 Å². The molecule has 0 saturated heterocycles. The zero-order chi connectivity index (χ0) is 27.6. The molecule has 0 radical (unpaired) electrons. The van der Waals surface area contributed by atoms with Crippen LogP contribution in [0, 0.1) is 5.92 Å². The van der Waals surface area contributed by atoms with Gasteiger partial charge in [0.2, 0.25) is 15.7 Å². The molecule has 2 aromatic rings. The van der Waals surface area contributed by atoms with Crippen LogP contribution < -0.4 is 16.4 Å². The van der Waals surface area contributed by atoms with Gasteiger partial charge in [-0.1, -0.05) is 44.2 Å². The predicted molar refractivity (Wildman–Crippen MR) is 136 cm³/mol. The first-order valence-electron chi connectivity index (χ1n) is 11.9. The summed E-state index contributed by atoms with van der Waals surface area (Å²) in [6.45, 7) is 7.37. The van der Waals surface area contributed by atoms with Crippen LogP contribution in [-0.2, 0) is 37.1 Å². The van der Waals surface area contributed by atoms with E-state index in [4.69, 9.17) is 15.2 Å². The molecule has 1 aromatic heterocycles. The third-order valence-corrected chi connectivity index (χ3v) is 6.47. The highest BCUT2D eigenvalue weighted by atomic mass is 32.2.